The Bertz CT molecular complexity index is 108. The molecule has 0 saturated carbocycles. The quantitative estimate of drug-likeness (QED) is 0.513. The molecule has 3 heteroatoms. The second kappa shape index (κ2) is 3.30. The maximum atomic E-state index is 12.9. The highest BCUT2D eigenvalue weighted by atomic mass is 19.1. The van der Waals surface area contributed by atoms with Crippen molar-refractivity contribution in [3.05, 3.63) is 0 Å². The fourth-order valence-corrected chi connectivity index (χ4v) is 1.17. The number of nitrogens with zero attached hydrogens (tertiary/aromatic N) is 1. The minimum Gasteiger partial charge on any atom is -0.376 e. The van der Waals surface area contributed by atoms with Crippen LogP contribution in [0.25, 0.3) is 0 Å². The maximum absolute atomic E-state index is 12.9. The lowest BCUT2D eigenvalue weighted by molar-refractivity contribution is -0.0761. The van der Waals surface area contributed by atoms with E-state index in [9.17, 15) is 4.39 Å². The lowest BCUT2D eigenvalue weighted by Crippen LogP contribution is -2.46. The molecule has 1 aliphatic rings. The molecule has 1 fully saturated rings. The van der Waals surface area contributed by atoms with Gasteiger partial charge in [0.25, 0.3) is 0 Å². The van der Waals surface area contributed by atoms with Gasteiger partial charge >= 0.3 is 0 Å². The summed E-state index contributed by atoms with van der Waals surface area (Å²) in [5, 5.41) is 0. The van der Waals surface area contributed by atoms with Crippen molar-refractivity contribution in [2.45, 2.75) is 26.2 Å². The number of rotatable bonds is 1. The van der Waals surface area contributed by atoms with Gasteiger partial charge in [-0.05, 0) is 13.8 Å². The zero-order valence-electron chi connectivity index (χ0n) is 6.51. The van der Waals surface area contributed by atoms with Gasteiger partial charge in [0.15, 0.2) is 6.30 Å². The van der Waals surface area contributed by atoms with Crippen molar-refractivity contribution in [3.63, 3.8) is 0 Å². The molecule has 60 valence electrons. The number of morpholine rings is 1. The first-order valence-electron chi connectivity index (χ1n) is 3.69. The minimum absolute atomic E-state index is 0.234. The summed E-state index contributed by atoms with van der Waals surface area (Å²) in [4.78, 5) is 1.81. The minimum atomic E-state index is -0.895. The van der Waals surface area contributed by atoms with E-state index in [1.54, 1.807) is 0 Å². The zero-order chi connectivity index (χ0) is 7.56. The van der Waals surface area contributed by atoms with Crippen LogP contribution in [0.5, 0.6) is 0 Å². The molecule has 0 aromatic heterocycles. The summed E-state index contributed by atoms with van der Waals surface area (Å²) in [6.07, 6.45) is -0.895. The first-order valence-corrected chi connectivity index (χ1v) is 3.69. The Morgan fingerprint density at radius 2 is 2.30 bits per heavy atom. The van der Waals surface area contributed by atoms with Crippen LogP contribution in [0.15, 0.2) is 0 Å². The molecule has 0 radical (unpaired) electrons. The highest BCUT2D eigenvalue weighted by molar-refractivity contribution is 4.69. The summed E-state index contributed by atoms with van der Waals surface area (Å²) in [6.45, 7) is 5.62. The van der Waals surface area contributed by atoms with Crippen molar-refractivity contribution in [1.82, 2.24) is 4.90 Å². The summed E-state index contributed by atoms with van der Waals surface area (Å²) >= 11 is 0. The lowest BCUT2D eigenvalue weighted by atomic mass is 10.3. The second-order valence-corrected chi connectivity index (χ2v) is 2.84. The zero-order valence-corrected chi connectivity index (χ0v) is 6.51. The Hall–Kier alpha value is -0.150. The van der Waals surface area contributed by atoms with Crippen molar-refractivity contribution >= 4 is 0 Å². The van der Waals surface area contributed by atoms with Crippen molar-refractivity contribution < 1.29 is 9.13 Å². The highest BCUT2D eigenvalue weighted by Crippen LogP contribution is 2.10. The van der Waals surface area contributed by atoms with E-state index in [4.69, 9.17) is 4.74 Å². The molecule has 0 aromatic rings. The molecule has 2 nitrogen and oxygen atoms in total. The van der Waals surface area contributed by atoms with E-state index in [1.807, 2.05) is 18.7 Å². The van der Waals surface area contributed by atoms with Crippen LogP contribution in [0.2, 0.25) is 0 Å². The predicted molar refractivity (Wildman–Crippen MR) is 37.6 cm³/mol. The van der Waals surface area contributed by atoms with Gasteiger partial charge in [0.05, 0.1) is 13.2 Å². The molecule has 0 spiro atoms. The van der Waals surface area contributed by atoms with Gasteiger partial charge in [0.1, 0.15) is 0 Å². The van der Waals surface area contributed by atoms with Crippen LogP contribution in [0, 0.1) is 0 Å². The maximum Gasteiger partial charge on any atom is 0.177 e. The van der Waals surface area contributed by atoms with Crippen molar-refractivity contribution in [2.24, 2.45) is 0 Å². The second-order valence-electron chi connectivity index (χ2n) is 2.84. The summed E-state index contributed by atoms with van der Waals surface area (Å²) < 4.78 is 17.8. The summed E-state index contributed by atoms with van der Waals surface area (Å²) in [5.41, 5.74) is 0. The highest BCUT2D eigenvalue weighted by Gasteiger charge is 2.23. The predicted octanol–water partition coefficient (Wildman–Crippen LogP) is 1.02. The Morgan fingerprint density at radius 1 is 1.60 bits per heavy atom. The monoisotopic (exact) mass is 147 g/mol. The standard InChI is InChI=1S/C7H14FNO/c1-6(2)9-3-4-10-5-7(9)8/h6-7H,3-5H2,1-2H3. The van der Waals surface area contributed by atoms with Crippen LogP contribution in [-0.2, 0) is 4.74 Å². The molecular weight excluding hydrogens is 133 g/mol. The lowest BCUT2D eigenvalue weighted by Gasteiger charge is -2.33. The van der Waals surface area contributed by atoms with Gasteiger partial charge in [-0.2, -0.15) is 0 Å². The van der Waals surface area contributed by atoms with Gasteiger partial charge in [-0.1, -0.05) is 0 Å². The van der Waals surface area contributed by atoms with Gasteiger partial charge < -0.3 is 4.74 Å². The number of hydrogen-bond donors (Lipinski definition) is 0. The van der Waals surface area contributed by atoms with E-state index in [1.165, 1.54) is 0 Å². The Morgan fingerprint density at radius 3 is 2.70 bits per heavy atom. The third-order valence-electron chi connectivity index (χ3n) is 1.77. The summed E-state index contributed by atoms with van der Waals surface area (Å²) in [7, 11) is 0. The summed E-state index contributed by atoms with van der Waals surface area (Å²) in [6, 6.07) is 0.291. The van der Waals surface area contributed by atoms with Crippen molar-refractivity contribution in [1.29, 1.82) is 0 Å². The van der Waals surface area contributed by atoms with Gasteiger partial charge in [-0.3, -0.25) is 4.90 Å². The number of ether oxygens (including phenoxy) is 1. The van der Waals surface area contributed by atoms with E-state index in [-0.39, 0.29) is 6.61 Å². The van der Waals surface area contributed by atoms with Crippen LogP contribution in [0.3, 0.4) is 0 Å². The number of alkyl halides is 1. The molecule has 1 aliphatic heterocycles. The molecule has 10 heavy (non-hydrogen) atoms. The van der Waals surface area contributed by atoms with E-state index in [2.05, 4.69) is 0 Å². The van der Waals surface area contributed by atoms with Crippen LogP contribution in [0.1, 0.15) is 13.8 Å². The molecule has 0 aromatic carbocycles. The van der Waals surface area contributed by atoms with Gasteiger partial charge in [-0.25, -0.2) is 4.39 Å². The first kappa shape index (κ1) is 7.95. The molecule has 1 saturated heterocycles. The Kier molecular flexibility index (Phi) is 2.63. The van der Waals surface area contributed by atoms with Crippen LogP contribution < -0.4 is 0 Å². The first-order chi connectivity index (χ1) is 4.72. The SMILES string of the molecule is CC(C)N1CCOCC1F. The molecule has 1 atom stereocenters. The molecule has 0 bridgehead atoms. The van der Waals surface area contributed by atoms with E-state index >= 15 is 0 Å². The molecule has 0 N–H and O–H groups in total. The third kappa shape index (κ3) is 1.67. The number of halogens is 1. The average molecular weight is 147 g/mol. The van der Waals surface area contributed by atoms with Crippen LogP contribution >= 0.6 is 0 Å². The van der Waals surface area contributed by atoms with Crippen molar-refractivity contribution in [2.75, 3.05) is 19.8 Å². The Balaban J connectivity index is 2.40. The molecule has 0 amide bonds. The van der Waals surface area contributed by atoms with Crippen LogP contribution in [-0.4, -0.2) is 37.0 Å². The van der Waals surface area contributed by atoms with Gasteiger partial charge in [-0.15, -0.1) is 0 Å². The Labute approximate surface area is 61.0 Å². The normalized spacial score (nSPS) is 29.4. The summed E-state index contributed by atoms with van der Waals surface area (Å²) in [5.74, 6) is 0. The van der Waals surface area contributed by atoms with Gasteiger partial charge in [0, 0.05) is 12.6 Å². The van der Waals surface area contributed by atoms with Crippen LogP contribution in [0.4, 0.5) is 4.39 Å². The largest absolute Gasteiger partial charge is 0.376 e. The van der Waals surface area contributed by atoms with E-state index in [0.29, 0.717) is 12.6 Å². The van der Waals surface area contributed by atoms with Gasteiger partial charge in [0.2, 0.25) is 0 Å². The molecular formula is C7H14FNO. The third-order valence-corrected chi connectivity index (χ3v) is 1.77. The fourth-order valence-electron chi connectivity index (χ4n) is 1.17. The average Bonchev–Trinajstić information content (AvgIpc) is 1.88. The molecule has 0 aliphatic carbocycles. The fraction of sp³-hybridized carbons (Fsp3) is 1.00. The molecule has 1 unspecified atom stereocenters. The number of hydrogen-bond acceptors (Lipinski definition) is 2. The molecule has 1 rings (SSSR count). The van der Waals surface area contributed by atoms with E-state index in [0.717, 1.165) is 6.54 Å². The van der Waals surface area contributed by atoms with E-state index < -0.39 is 6.30 Å². The topological polar surface area (TPSA) is 12.5 Å². The smallest absolute Gasteiger partial charge is 0.177 e. The molecule has 1 heterocycles. The van der Waals surface area contributed by atoms with Crippen molar-refractivity contribution in [3.8, 4) is 0 Å².